The molecule has 0 spiro atoms. The second-order valence-electron chi connectivity index (χ2n) is 6.18. The van der Waals surface area contributed by atoms with Crippen molar-refractivity contribution in [3.63, 3.8) is 0 Å². The van der Waals surface area contributed by atoms with E-state index in [0.717, 1.165) is 24.8 Å². The third-order valence-corrected chi connectivity index (χ3v) is 6.47. The number of nitriles is 1. The lowest BCUT2D eigenvalue weighted by molar-refractivity contribution is 0.0978. The summed E-state index contributed by atoms with van der Waals surface area (Å²) in [5, 5.41) is 16.4. The predicted molar refractivity (Wildman–Crippen MR) is 110 cm³/mol. The lowest BCUT2D eigenvalue weighted by Crippen LogP contribution is -2.34. The topological polar surface area (TPSA) is 64.9 Å². The second-order valence-corrected chi connectivity index (χ2v) is 8.48. The summed E-state index contributed by atoms with van der Waals surface area (Å²) in [7, 11) is 0. The van der Waals surface area contributed by atoms with Gasteiger partial charge in [-0.1, -0.05) is 36.2 Å². The molecule has 3 rings (SSSR count). The highest BCUT2D eigenvalue weighted by atomic mass is 35.5. The minimum absolute atomic E-state index is 0.120. The van der Waals surface area contributed by atoms with Crippen LogP contribution in [0.1, 0.15) is 39.7 Å². The highest BCUT2D eigenvalue weighted by molar-refractivity contribution is 7.80. The van der Waals surface area contributed by atoms with Gasteiger partial charge in [0.15, 0.2) is 5.11 Å². The summed E-state index contributed by atoms with van der Waals surface area (Å²) >= 11 is 18.8. The Morgan fingerprint density at radius 1 is 1.42 bits per heavy atom. The average Bonchev–Trinajstić information content (AvgIpc) is 2.92. The van der Waals surface area contributed by atoms with E-state index in [0.29, 0.717) is 21.5 Å². The molecule has 1 amide bonds. The fourth-order valence-corrected chi connectivity index (χ4v) is 4.95. The Bertz CT molecular complexity index is 933. The molecule has 1 aromatic carbocycles. The van der Waals surface area contributed by atoms with Gasteiger partial charge in [-0.15, -0.1) is 11.3 Å². The maximum atomic E-state index is 12.4. The Morgan fingerprint density at radius 3 is 2.92 bits per heavy atom. The monoisotopic (exact) mass is 423 g/mol. The molecule has 0 bridgehead atoms. The standard InChI is InChI=1S/C18H15Cl2N3OS2/c1-9-5-6-10-12(8-21)17(26-14(10)7-9)23-18(25)22-16(24)11-3-2-4-13(19)15(11)20/h2-4,9H,5-7H2,1H3,(H2,22,23,24,25)/t9-/m0/s1. The van der Waals surface area contributed by atoms with Crippen LogP contribution in [0.4, 0.5) is 5.00 Å². The number of fused-ring (bicyclic) bond motifs is 1. The number of benzene rings is 1. The van der Waals surface area contributed by atoms with Gasteiger partial charge in [0.25, 0.3) is 5.91 Å². The molecule has 0 saturated heterocycles. The van der Waals surface area contributed by atoms with Crippen molar-refractivity contribution in [3.8, 4) is 6.07 Å². The predicted octanol–water partition coefficient (Wildman–Crippen LogP) is 5.18. The number of carbonyl (C=O) groups is 1. The molecule has 1 aliphatic carbocycles. The first-order valence-electron chi connectivity index (χ1n) is 8.01. The van der Waals surface area contributed by atoms with Crippen molar-refractivity contribution in [2.24, 2.45) is 5.92 Å². The van der Waals surface area contributed by atoms with Crippen molar-refractivity contribution in [1.29, 1.82) is 5.26 Å². The molecule has 0 aliphatic heterocycles. The Hall–Kier alpha value is -1.65. The number of amides is 1. The molecule has 1 atom stereocenters. The quantitative estimate of drug-likeness (QED) is 0.653. The number of halogens is 2. The Labute approximate surface area is 171 Å². The summed E-state index contributed by atoms with van der Waals surface area (Å²) in [6.07, 6.45) is 2.94. The minimum Gasteiger partial charge on any atom is -0.323 e. The van der Waals surface area contributed by atoms with Crippen molar-refractivity contribution < 1.29 is 4.79 Å². The Balaban J connectivity index is 1.76. The minimum atomic E-state index is -0.455. The van der Waals surface area contributed by atoms with Crippen molar-refractivity contribution >= 4 is 62.8 Å². The maximum Gasteiger partial charge on any atom is 0.258 e. The smallest absolute Gasteiger partial charge is 0.258 e. The van der Waals surface area contributed by atoms with Crippen LogP contribution in [0.5, 0.6) is 0 Å². The van der Waals surface area contributed by atoms with Gasteiger partial charge < -0.3 is 5.32 Å². The summed E-state index contributed by atoms with van der Waals surface area (Å²) in [5.74, 6) is 0.153. The van der Waals surface area contributed by atoms with Crippen LogP contribution in [-0.4, -0.2) is 11.0 Å². The first-order valence-corrected chi connectivity index (χ1v) is 9.99. The van der Waals surface area contributed by atoms with Gasteiger partial charge in [0, 0.05) is 4.88 Å². The van der Waals surface area contributed by atoms with E-state index in [9.17, 15) is 10.1 Å². The van der Waals surface area contributed by atoms with E-state index in [1.165, 1.54) is 16.2 Å². The number of carbonyl (C=O) groups excluding carboxylic acids is 1. The van der Waals surface area contributed by atoms with E-state index < -0.39 is 5.91 Å². The Kier molecular flexibility index (Phi) is 5.83. The van der Waals surface area contributed by atoms with E-state index in [1.807, 2.05) is 0 Å². The van der Waals surface area contributed by atoms with E-state index >= 15 is 0 Å². The first-order chi connectivity index (χ1) is 12.4. The van der Waals surface area contributed by atoms with Gasteiger partial charge in [0.05, 0.1) is 21.2 Å². The first kappa shape index (κ1) is 19.1. The SMILES string of the molecule is C[C@H]1CCc2c(sc(NC(=S)NC(=O)c3cccc(Cl)c3Cl)c2C#N)C1. The molecule has 4 nitrogen and oxygen atoms in total. The number of anilines is 1. The molecule has 0 unspecified atom stereocenters. The highest BCUT2D eigenvalue weighted by Gasteiger charge is 2.24. The molecule has 1 aliphatic rings. The normalized spacial score (nSPS) is 15.7. The molecular formula is C18H15Cl2N3OS2. The van der Waals surface area contributed by atoms with Crippen LogP contribution in [0.3, 0.4) is 0 Å². The number of hydrogen-bond acceptors (Lipinski definition) is 4. The summed E-state index contributed by atoms with van der Waals surface area (Å²) in [6.45, 7) is 2.21. The van der Waals surface area contributed by atoms with Crippen LogP contribution in [0.15, 0.2) is 18.2 Å². The van der Waals surface area contributed by atoms with Crippen molar-refractivity contribution in [1.82, 2.24) is 5.32 Å². The van der Waals surface area contributed by atoms with Crippen LogP contribution < -0.4 is 10.6 Å². The summed E-state index contributed by atoms with van der Waals surface area (Å²) in [4.78, 5) is 13.6. The zero-order valence-electron chi connectivity index (χ0n) is 13.9. The molecule has 2 aromatic rings. The molecule has 0 saturated carbocycles. The largest absolute Gasteiger partial charge is 0.323 e. The highest BCUT2D eigenvalue weighted by Crippen LogP contribution is 2.39. The van der Waals surface area contributed by atoms with Gasteiger partial charge in [0.1, 0.15) is 11.1 Å². The van der Waals surface area contributed by atoms with Crippen LogP contribution in [0, 0.1) is 17.2 Å². The van der Waals surface area contributed by atoms with Crippen LogP contribution >= 0.6 is 46.8 Å². The van der Waals surface area contributed by atoms with Gasteiger partial charge in [-0.25, -0.2) is 0 Å². The van der Waals surface area contributed by atoms with Crippen LogP contribution in [-0.2, 0) is 12.8 Å². The van der Waals surface area contributed by atoms with E-state index in [1.54, 1.807) is 18.2 Å². The van der Waals surface area contributed by atoms with Gasteiger partial charge in [-0.05, 0) is 55.1 Å². The number of hydrogen-bond donors (Lipinski definition) is 2. The molecule has 8 heteroatoms. The van der Waals surface area contributed by atoms with Crippen molar-refractivity contribution in [2.45, 2.75) is 26.2 Å². The summed E-state index contributed by atoms with van der Waals surface area (Å²) in [5.41, 5.74) is 1.96. The third kappa shape index (κ3) is 3.86. The van der Waals surface area contributed by atoms with Crippen LogP contribution in [0.25, 0.3) is 0 Å². The van der Waals surface area contributed by atoms with Crippen LogP contribution in [0.2, 0.25) is 10.0 Å². The fraction of sp³-hybridized carbons (Fsp3) is 0.278. The zero-order valence-corrected chi connectivity index (χ0v) is 17.0. The summed E-state index contributed by atoms with van der Waals surface area (Å²) < 4.78 is 0. The molecule has 2 N–H and O–H groups in total. The van der Waals surface area contributed by atoms with E-state index in [2.05, 4.69) is 23.6 Å². The average molecular weight is 424 g/mol. The number of thiophene rings is 1. The molecule has 0 radical (unpaired) electrons. The second kappa shape index (κ2) is 7.93. The fourth-order valence-electron chi connectivity index (χ4n) is 2.94. The number of thiocarbonyl (C=S) groups is 1. The van der Waals surface area contributed by atoms with Crippen molar-refractivity contribution in [2.75, 3.05) is 5.32 Å². The Morgan fingerprint density at radius 2 is 2.19 bits per heavy atom. The lowest BCUT2D eigenvalue weighted by atomic mass is 9.89. The number of nitrogens with zero attached hydrogens (tertiary/aromatic N) is 1. The molecule has 1 aromatic heterocycles. The van der Waals surface area contributed by atoms with Crippen molar-refractivity contribution in [3.05, 3.63) is 49.8 Å². The molecule has 1 heterocycles. The van der Waals surface area contributed by atoms with Gasteiger partial charge >= 0.3 is 0 Å². The molecule has 26 heavy (non-hydrogen) atoms. The lowest BCUT2D eigenvalue weighted by Gasteiger charge is -2.17. The molecule has 134 valence electrons. The van der Waals surface area contributed by atoms with Gasteiger partial charge in [-0.2, -0.15) is 5.26 Å². The van der Waals surface area contributed by atoms with E-state index in [-0.39, 0.29) is 15.7 Å². The van der Waals surface area contributed by atoms with Gasteiger partial charge in [-0.3, -0.25) is 10.1 Å². The number of nitrogens with one attached hydrogen (secondary N) is 2. The van der Waals surface area contributed by atoms with E-state index in [4.69, 9.17) is 35.4 Å². The number of rotatable bonds is 2. The third-order valence-electron chi connectivity index (χ3n) is 4.27. The molecule has 0 fully saturated rings. The zero-order chi connectivity index (χ0) is 18.8. The molecular weight excluding hydrogens is 409 g/mol. The maximum absolute atomic E-state index is 12.4. The van der Waals surface area contributed by atoms with Gasteiger partial charge in [0.2, 0.25) is 0 Å². The summed E-state index contributed by atoms with van der Waals surface area (Å²) in [6, 6.07) is 7.08.